The van der Waals surface area contributed by atoms with Crippen LogP contribution >= 0.6 is 0 Å². The molecule has 2 N–H and O–H groups in total. The van der Waals surface area contributed by atoms with Gasteiger partial charge in [-0.05, 0) is 56.9 Å². The Labute approximate surface area is 161 Å². The molecule has 2 fully saturated rings. The van der Waals surface area contributed by atoms with Crippen LogP contribution in [0.3, 0.4) is 0 Å². The van der Waals surface area contributed by atoms with E-state index in [1.54, 1.807) is 24.3 Å². The lowest BCUT2D eigenvalue weighted by atomic mass is 9.95. The van der Waals surface area contributed by atoms with Gasteiger partial charge < -0.3 is 15.4 Å². The van der Waals surface area contributed by atoms with Crippen LogP contribution in [0.25, 0.3) is 0 Å². The number of hydrogen-bond donors (Lipinski definition) is 1. The van der Waals surface area contributed by atoms with Crippen molar-refractivity contribution in [2.24, 2.45) is 11.7 Å². The van der Waals surface area contributed by atoms with E-state index in [0.29, 0.717) is 44.8 Å². The lowest BCUT2D eigenvalue weighted by molar-refractivity contribution is -0.137. The molecule has 3 rings (SSSR count). The van der Waals surface area contributed by atoms with Crippen molar-refractivity contribution in [3.63, 3.8) is 0 Å². The Bertz CT molecular complexity index is 743. The Morgan fingerprint density at radius 1 is 1.15 bits per heavy atom. The summed E-state index contributed by atoms with van der Waals surface area (Å²) >= 11 is 0. The molecule has 0 aromatic heterocycles. The van der Waals surface area contributed by atoms with E-state index in [1.807, 2.05) is 11.8 Å². The first kappa shape index (κ1) is 20.1. The normalized spacial score (nSPS) is 22.6. The SMILES string of the molecule is CCOc1ccc(S(=O)(=O)N2CCC(C(=O)N3CCCC(N)C3)CC2)cc1. The second-order valence-electron chi connectivity index (χ2n) is 7.27. The molecular formula is C19H29N3O4S. The zero-order chi connectivity index (χ0) is 19.4. The minimum atomic E-state index is -3.54. The molecule has 1 unspecified atom stereocenters. The number of nitrogens with two attached hydrogens (primary N) is 1. The van der Waals surface area contributed by atoms with E-state index in [2.05, 4.69) is 0 Å². The highest BCUT2D eigenvalue weighted by atomic mass is 32.2. The van der Waals surface area contributed by atoms with E-state index in [4.69, 9.17) is 10.5 Å². The number of likely N-dealkylation sites (tertiary alicyclic amines) is 1. The van der Waals surface area contributed by atoms with Crippen LogP contribution in [0.5, 0.6) is 5.75 Å². The number of hydrogen-bond acceptors (Lipinski definition) is 5. The number of piperidine rings is 2. The highest BCUT2D eigenvalue weighted by Gasteiger charge is 2.34. The van der Waals surface area contributed by atoms with Gasteiger partial charge in [-0.25, -0.2) is 8.42 Å². The van der Waals surface area contributed by atoms with E-state index in [-0.39, 0.29) is 22.8 Å². The molecule has 0 aliphatic carbocycles. The standard InChI is InChI=1S/C19H29N3O4S/c1-2-26-17-5-7-18(8-6-17)27(24,25)22-12-9-15(10-13-22)19(23)21-11-3-4-16(20)14-21/h5-8,15-16H,2-4,9-14,20H2,1H3. The van der Waals surface area contributed by atoms with E-state index in [1.165, 1.54) is 4.31 Å². The molecule has 2 aliphatic rings. The fourth-order valence-corrected chi connectivity index (χ4v) is 5.30. The van der Waals surface area contributed by atoms with E-state index in [9.17, 15) is 13.2 Å². The lowest BCUT2D eigenvalue weighted by Gasteiger charge is -2.36. The number of amides is 1. The summed E-state index contributed by atoms with van der Waals surface area (Å²) < 4.78 is 32.5. The summed E-state index contributed by atoms with van der Waals surface area (Å²) in [6.45, 7) is 4.53. The fraction of sp³-hybridized carbons (Fsp3) is 0.632. The van der Waals surface area contributed by atoms with Crippen molar-refractivity contribution in [3.05, 3.63) is 24.3 Å². The summed E-state index contributed by atoms with van der Waals surface area (Å²) in [7, 11) is -3.54. The molecule has 0 saturated carbocycles. The summed E-state index contributed by atoms with van der Waals surface area (Å²) in [5.41, 5.74) is 5.98. The van der Waals surface area contributed by atoms with Gasteiger partial charge in [0.1, 0.15) is 5.75 Å². The zero-order valence-corrected chi connectivity index (χ0v) is 16.7. The predicted octanol–water partition coefficient (Wildman–Crippen LogP) is 1.44. The maximum Gasteiger partial charge on any atom is 0.243 e. The van der Waals surface area contributed by atoms with Crippen LogP contribution in [0.4, 0.5) is 0 Å². The largest absolute Gasteiger partial charge is 0.494 e. The molecular weight excluding hydrogens is 366 g/mol. The van der Waals surface area contributed by atoms with Gasteiger partial charge in [-0.1, -0.05) is 0 Å². The van der Waals surface area contributed by atoms with Gasteiger partial charge in [0, 0.05) is 38.1 Å². The lowest BCUT2D eigenvalue weighted by Crippen LogP contribution is -2.50. The molecule has 8 heteroatoms. The van der Waals surface area contributed by atoms with Crippen molar-refractivity contribution in [2.45, 2.75) is 43.5 Å². The third-order valence-electron chi connectivity index (χ3n) is 5.35. The highest BCUT2D eigenvalue weighted by Crippen LogP contribution is 2.27. The average Bonchev–Trinajstić information content (AvgIpc) is 2.68. The summed E-state index contributed by atoms with van der Waals surface area (Å²) in [5.74, 6) is 0.672. The van der Waals surface area contributed by atoms with Crippen LogP contribution in [-0.4, -0.2) is 62.4 Å². The zero-order valence-electron chi connectivity index (χ0n) is 15.8. The van der Waals surface area contributed by atoms with Crippen LogP contribution in [0.2, 0.25) is 0 Å². The van der Waals surface area contributed by atoms with Crippen molar-refractivity contribution in [1.82, 2.24) is 9.21 Å². The van der Waals surface area contributed by atoms with Crippen molar-refractivity contribution in [3.8, 4) is 5.75 Å². The molecule has 7 nitrogen and oxygen atoms in total. The Balaban J connectivity index is 1.59. The summed E-state index contributed by atoms with van der Waals surface area (Å²) in [6.07, 6.45) is 3.02. The minimum Gasteiger partial charge on any atom is -0.494 e. The van der Waals surface area contributed by atoms with Gasteiger partial charge in [0.05, 0.1) is 11.5 Å². The maximum atomic E-state index is 12.9. The maximum absolute atomic E-state index is 12.9. The molecule has 0 radical (unpaired) electrons. The highest BCUT2D eigenvalue weighted by molar-refractivity contribution is 7.89. The molecule has 0 bridgehead atoms. The molecule has 0 spiro atoms. The molecule has 1 amide bonds. The van der Waals surface area contributed by atoms with Gasteiger partial charge in [-0.15, -0.1) is 0 Å². The number of benzene rings is 1. The van der Waals surface area contributed by atoms with Gasteiger partial charge >= 0.3 is 0 Å². The molecule has 2 heterocycles. The third kappa shape index (κ3) is 4.62. The average molecular weight is 396 g/mol. The van der Waals surface area contributed by atoms with Crippen molar-refractivity contribution in [2.75, 3.05) is 32.8 Å². The van der Waals surface area contributed by atoms with Crippen LogP contribution in [0.1, 0.15) is 32.6 Å². The summed E-state index contributed by atoms with van der Waals surface area (Å²) in [4.78, 5) is 14.8. The van der Waals surface area contributed by atoms with Gasteiger partial charge in [-0.2, -0.15) is 4.31 Å². The Hall–Kier alpha value is -1.64. The van der Waals surface area contributed by atoms with E-state index in [0.717, 1.165) is 19.4 Å². The smallest absolute Gasteiger partial charge is 0.243 e. The predicted molar refractivity (Wildman–Crippen MR) is 103 cm³/mol. The van der Waals surface area contributed by atoms with Crippen LogP contribution < -0.4 is 10.5 Å². The van der Waals surface area contributed by atoms with Crippen molar-refractivity contribution in [1.29, 1.82) is 0 Å². The quantitative estimate of drug-likeness (QED) is 0.814. The third-order valence-corrected chi connectivity index (χ3v) is 7.26. The number of sulfonamides is 1. The number of carbonyl (C=O) groups excluding carboxylic acids is 1. The Kier molecular flexibility index (Phi) is 6.39. The first-order chi connectivity index (χ1) is 12.9. The summed E-state index contributed by atoms with van der Waals surface area (Å²) in [6, 6.07) is 6.56. The monoisotopic (exact) mass is 395 g/mol. The number of rotatable bonds is 5. The Morgan fingerprint density at radius 3 is 2.41 bits per heavy atom. The van der Waals surface area contributed by atoms with E-state index >= 15 is 0 Å². The molecule has 2 saturated heterocycles. The van der Waals surface area contributed by atoms with Gasteiger partial charge in [-0.3, -0.25) is 4.79 Å². The van der Waals surface area contributed by atoms with Crippen molar-refractivity contribution < 1.29 is 17.9 Å². The van der Waals surface area contributed by atoms with Crippen LogP contribution in [0, 0.1) is 5.92 Å². The second-order valence-corrected chi connectivity index (χ2v) is 9.21. The van der Waals surface area contributed by atoms with E-state index < -0.39 is 10.0 Å². The van der Waals surface area contributed by atoms with Gasteiger partial charge in [0.15, 0.2) is 0 Å². The molecule has 1 atom stereocenters. The number of carbonyl (C=O) groups is 1. The molecule has 150 valence electrons. The van der Waals surface area contributed by atoms with Crippen LogP contribution in [0.15, 0.2) is 29.2 Å². The van der Waals surface area contributed by atoms with Gasteiger partial charge in [0.25, 0.3) is 0 Å². The number of ether oxygens (including phenoxy) is 1. The number of nitrogens with zero attached hydrogens (tertiary/aromatic N) is 2. The van der Waals surface area contributed by atoms with Crippen LogP contribution in [-0.2, 0) is 14.8 Å². The minimum absolute atomic E-state index is 0.0582. The first-order valence-electron chi connectivity index (χ1n) is 9.69. The molecule has 1 aromatic carbocycles. The summed E-state index contributed by atoms with van der Waals surface area (Å²) in [5, 5.41) is 0. The van der Waals surface area contributed by atoms with Crippen molar-refractivity contribution >= 4 is 15.9 Å². The Morgan fingerprint density at radius 2 is 1.81 bits per heavy atom. The molecule has 27 heavy (non-hydrogen) atoms. The molecule has 1 aromatic rings. The fourth-order valence-electron chi connectivity index (χ4n) is 3.84. The topological polar surface area (TPSA) is 92.9 Å². The first-order valence-corrected chi connectivity index (χ1v) is 11.1. The van der Waals surface area contributed by atoms with Gasteiger partial charge in [0.2, 0.25) is 15.9 Å². The second kappa shape index (κ2) is 8.58. The molecule has 2 aliphatic heterocycles.